The van der Waals surface area contributed by atoms with Crippen molar-refractivity contribution in [1.82, 2.24) is 10.2 Å². The Balaban J connectivity index is 1.40. The number of phenols is 1. The molecule has 3 rings (SSSR count). The van der Waals surface area contributed by atoms with Crippen LogP contribution < -0.4 is 10.1 Å². The van der Waals surface area contributed by atoms with Gasteiger partial charge in [0.2, 0.25) is 0 Å². The van der Waals surface area contributed by atoms with Crippen LogP contribution in [0.3, 0.4) is 0 Å². The van der Waals surface area contributed by atoms with Crippen molar-refractivity contribution in [2.45, 2.75) is 25.9 Å². The van der Waals surface area contributed by atoms with E-state index in [2.05, 4.69) is 22.3 Å². The van der Waals surface area contributed by atoms with Gasteiger partial charge in [-0.25, -0.2) is 0 Å². The Labute approximate surface area is 154 Å². The van der Waals surface area contributed by atoms with Crippen molar-refractivity contribution >= 4 is 11.6 Å². The van der Waals surface area contributed by atoms with Gasteiger partial charge in [-0.1, -0.05) is 35.9 Å². The van der Waals surface area contributed by atoms with Crippen LogP contribution in [0.1, 0.15) is 24.0 Å². The third-order valence-corrected chi connectivity index (χ3v) is 4.94. The number of aromatic hydroxyl groups is 1. The van der Waals surface area contributed by atoms with Crippen molar-refractivity contribution < 1.29 is 9.84 Å². The average molecular weight is 361 g/mol. The van der Waals surface area contributed by atoms with Crippen LogP contribution in [-0.4, -0.2) is 36.2 Å². The molecule has 2 aromatic rings. The Morgan fingerprint density at radius 2 is 1.80 bits per heavy atom. The molecule has 1 aliphatic heterocycles. The Morgan fingerprint density at radius 3 is 2.56 bits per heavy atom. The van der Waals surface area contributed by atoms with Crippen LogP contribution >= 0.6 is 11.6 Å². The summed E-state index contributed by atoms with van der Waals surface area (Å²) in [5, 5.41) is 13.4. The second-order valence-electron chi connectivity index (χ2n) is 6.39. The van der Waals surface area contributed by atoms with E-state index in [9.17, 15) is 5.11 Å². The van der Waals surface area contributed by atoms with Gasteiger partial charge in [0.15, 0.2) is 0 Å². The van der Waals surface area contributed by atoms with Crippen LogP contribution in [0.2, 0.25) is 5.02 Å². The van der Waals surface area contributed by atoms with Gasteiger partial charge in [-0.3, -0.25) is 4.90 Å². The van der Waals surface area contributed by atoms with Gasteiger partial charge in [0.1, 0.15) is 18.1 Å². The number of hydrogen-bond donors (Lipinski definition) is 2. The molecule has 0 aliphatic carbocycles. The van der Waals surface area contributed by atoms with E-state index in [-0.39, 0.29) is 5.75 Å². The number of phenolic OH excluding ortho intramolecular Hbond substituents is 1. The minimum Gasteiger partial charge on any atom is -0.506 e. The van der Waals surface area contributed by atoms with Gasteiger partial charge < -0.3 is 15.2 Å². The minimum absolute atomic E-state index is 0.122. The molecular weight excluding hydrogens is 336 g/mol. The average Bonchev–Trinajstić information content (AvgIpc) is 3.13. The van der Waals surface area contributed by atoms with Gasteiger partial charge in [-0.2, -0.15) is 0 Å². The van der Waals surface area contributed by atoms with Crippen molar-refractivity contribution in [2.24, 2.45) is 0 Å². The molecule has 1 fully saturated rings. The van der Waals surface area contributed by atoms with Crippen LogP contribution in [0.5, 0.6) is 11.5 Å². The first kappa shape index (κ1) is 18.1. The lowest BCUT2D eigenvalue weighted by Crippen LogP contribution is -2.25. The maximum Gasteiger partial charge on any atom is 0.134 e. The largest absolute Gasteiger partial charge is 0.506 e. The number of halogens is 1. The zero-order chi connectivity index (χ0) is 17.5. The summed E-state index contributed by atoms with van der Waals surface area (Å²) in [5.74, 6) is 1.04. The second kappa shape index (κ2) is 9.09. The Kier molecular flexibility index (Phi) is 6.56. The molecule has 4 nitrogen and oxygen atoms in total. The predicted octanol–water partition coefficient (Wildman–Crippen LogP) is 3.81. The number of nitrogens with one attached hydrogen (secondary N) is 1. The fourth-order valence-corrected chi connectivity index (χ4v) is 3.24. The lowest BCUT2D eigenvalue weighted by Gasteiger charge is -2.15. The summed E-state index contributed by atoms with van der Waals surface area (Å²) >= 11 is 6.08. The van der Waals surface area contributed by atoms with Crippen molar-refractivity contribution in [1.29, 1.82) is 0 Å². The number of rotatable bonds is 8. The van der Waals surface area contributed by atoms with Crippen molar-refractivity contribution in [2.75, 3.05) is 26.2 Å². The quantitative estimate of drug-likeness (QED) is 0.751. The standard InChI is InChI=1S/C20H25ClN2O2/c21-20-17(4-3-5-19(20)24)15-22-14-16-6-8-18(9-7-16)25-13-12-23-10-1-2-11-23/h3-9,22,24H,1-2,10-15H2. The molecule has 25 heavy (non-hydrogen) atoms. The molecular formula is C20H25ClN2O2. The summed E-state index contributed by atoms with van der Waals surface area (Å²) in [7, 11) is 0. The van der Waals surface area contributed by atoms with Crippen LogP contribution in [-0.2, 0) is 13.1 Å². The summed E-state index contributed by atoms with van der Waals surface area (Å²) in [6, 6.07) is 13.5. The van der Waals surface area contributed by atoms with Gasteiger partial charge in [0.25, 0.3) is 0 Å². The molecule has 2 N–H and O–H groups in total. The Hall–Kier alpha value is -1.75. The Bertz CT molecular complexity index is 670. The molecule has 134 valence electrons. The highest BCUT2D eigenvalue weighted by Gasteiger charge is 2.10. The van der Waals surface area contributed by atoms with Gasteiger partial charge >= 0.3 is 0 Å². The molecule has 0 amide bonds. The van der Waals surface area contributed by atoms with E-state index in [4.69, 9.17) is 16.3 Å². The second-order valence-corrected chi connectivity index (χ2v) is 6.77. The number of hydrogen-bond acceptors (Lipinski definition) is 4. The van der Waals surface area contributed by atoms with Crippen LogP contribution in [0, 0.1) is 0 Å². The first-order valence-electron chi connectivity index (χ1n) is 8.83. The molecule has 0 saturated carbocycles. The van der Waals surface area contributed by atoms with E-state index in [1.807, 2.05) is 18.2 Å². The van der Waals surface area contributed by atoms with Crippen molar-refractivity contribution in [3.05, 3.63) is 58.6 Å². The van der Waals surface area contributed by atoms with E-state index in [1.54, 1.807) is 12.1 Å². The number of benzene rings is 2. The summed E-state index contributed by atoms with van der Waals surface area (Å²) in [4.78, 5) is 2.45. The highest BCUT2D eigenvalue weighted by Crippen LogP contribution is 2.26. The van der Waals surface area contributed by atoms with Crippen molar-refractivity contribution in [3.8, 4) is 11.5 Å². The molecule has 1 saturated heterocycles. The normalized spacial score (nSPS) is 14.8. The van der Waals surface area contributed by atoms with Crippen molar-refractivity contribution in [3.63, 3.8) is 0 Å². The molecule has 0 bridgehead atoms. The monoisotopic (exact) mass is 360 g/mol. The maximum absolute atomic E-state index is 9.61. The molecule has 0 aromatic heterocycles. The highest BCUT2D eigenvalue weighted by atomic mass is 35.5. The van der Waals surface area contributed by atoms with E-state index >= 15 is 0 Å². The maximum atomic E-state index is 9.61. The lowest BCUT2D eigenvalue weighted by molar-refractivity contribution is 0.238. The van der Waals surface area contributed by atoms with Gasteiger partial charge in [-0.15, -0.1) is 0 Å². The lowest BCUT2D eigenvalue weighted by atomic mass is 10.2. The van der Waals surface area contributed by atoms with E-state index < -0.39 is 0 Å². The molecule has 5 heteroatoms. The molecule has 2 aromatic carbocycles. The number of likely N-dealkylation sites (tertiary alicyclic amines) is 1. The highest BCUT2D eigenvalue weighted by molar-refractivity contribution is 6.32. The molecule has 0 spiro atoms. The Morgan fingerprint density at radius 1 is 1.04 bits per heavy atom. The number of ether oxygens (including phenoxy) is 1. The predicted molar refractivity (Wildman–Crippen MR) is 101 cm³/mol. The topological polar surface area (TPSA) is 44.7 Å². The van der Waals surface area contributed by atoms with Gasteiger partial charge in [0.05, 0.1) is 5.02 Å². The SMILES string of the molecule is Oc1cccc(CNCc2ccc(OCCN3CCCC3)cc2)c1Cl. The summed E-state index contributed by atoms with van der Waals surface area (Å²) in [6.45, 7) is 5.51. The fraction of sp³-hybridized carbons (Fsp3) is 0.400. The third-order valence-electron chi connectivity index (χ3n) is 4.50. The zero-order valence-corrected chi connectivity index (χ0v) is 15.1. The summed E-state index contributed by atoms with van der Waals surface area (Å²) < 4.78 is 5.82. The fourth-order valence-electron chi connectivity index (χ4n) is 3.05. The number of nitrogens with zero attached hydrogens (tertiary/aromatic N) is 1. The smallest absolute Gasteiger partial charge is 0.134 e. The van der Waals surface area contributed by atoms with Crippen LogP contribution in [0.4, 0.5) is 0 Å². The summed E-state index contributed by atoms with van der Waals surface area (Å²) in [5.41, 5.74) is 2.08. The van der Waals surface area contributed by atoms with Crippen LogP contribution in [0.25, 0.3) is 0 Å². The first-order valence-corrected chi connectivity index (χ1v) is 9.21. The van der Waals surface area contributed by atoms with Gasteiger partial charge in [0, 0.05) is 19.6 Å². The zero-order valence-electron chi connectivity index (χ0n) is 14.4. The van der Waals surface area contributed by atoms with E-state index in [0.717, 1.165) is 31.0 Å². The van der Waals surface area contributed by atoms with Gasteiger partial charge in [-0.05, 0) is 55.3 Å². The molecule has 1 aliphatic rings. The molecule has 0 radical (unpaired) electrons. The summed E-state index contributed by atoms with van der Waals surface area (Å²) in [6.07, 6.45) is 2.63. The minimum atomic E-state index is 0.122. The third kappa shape index (κ3) is 5.36. The molecule has 0 unspecified atom stereocenters. The van der Waals surface area contributed by atoms with E-state index in [1.165, 1.54) is 31.5 Å². The van der Waals surface area contributed by atoms with Crippen LogP contribution in [0.15, 0.2) is 42.5 Å². The first-order chi connectivity index (χ1) is 12.2. The molecule has 0 atom stereocenters. The molecule has 1 heterocycles. The van der Waals surface area contributed by atoms with E-state index in [0.29, 0.717) is 11.6 Å².